The minimum absolute atomic E-state index is 0.301. The first-order valence-corrected chi connectivity index (χ1v) is 2.78. The number of hydrogen-bond donors (Lipinski definition) is 2. The van der Waals surface area contributed by atoms with E-state index in [4.69, 9.17) is 10.8 Å². The fourth-order valence-corrected chi connectivity index (χ4v) is 0.599. The molecule has 0 aliphatic heterocycles. The lowest BCUT2D eigenvalue weighted by molar-refractivity contribution is -0.132. The largest absolute Gasteiger partial charge is 0.478 e. The van der Waals surface area contributed by atoms with Gasteiger partial charge < -0.3 is 10.8 Å². The summed E-state index contributed by atoms with van der Waals surface area (Å²) in [6.07, 6.45) is 0.484. The zero-order valence-corrected chi connectivity index (χ0v) is 5.64. The second-order valence-corrected chi connectivity index (χ2v) is 1.82. The molecule has 0 saturated carbocycles. The summed E-state index contributed by atoms with van der Waals surface area (Å²) in [5, 5.41) is 8.41. The van der Waals surface area contributed by atoms with Gasteiger partial charge in [-0.25, -0.2) is 4.79 Å². The fraction of sp³-hybridized carbons (Fsp3) is 0.500. The molecule has 0 aromatic carbocycles. The summed E-state index contributed by atoms with van der Waals surface area (Å²) in [5.41, 5.74) is 5.94. The minimum Gasteiger partial charge on any atom is -0.478 e. The molecule has 0 heterocycles. The molecule has 3 nitrogen and oxygen atoms in total. The summed E-state index contributed by atoms with van der Waals surface area (Å²) in [4.78, 5) is 10.2. The van der Waals surface area contributed by atoms with Crippen molar-refractivity contribution in [1.82, 2.24) is 0 Å². The lowest BCUT2D eigenvalue weighted by atomic mass is 10.2. The van der Waals surface area contributed by atoms with Gasteiger partial charge >= 0.3 is 5.97 Å². The van der Waals surface area contributed by atoms with Crippen LogP contribution < -0.4 is 5.73 Å². The first-order valence-electron chi connectivity index (χ1n) is 2.78. The molecule has 0 aliphatic carbocycles. The fourth-order valence-electron chi connectivity index (χ4n) is 0.599. The highest BCUT2D eigenvalue weighted by atomic mass is 16.4. The number of rotatable bonds is 2. The molecular weight excluding hydrogens is 118 g/mol. The third-order valence-corrected chi connectivity index (χ3v) is 1.09. The van der Waals surface area contributed by atoms with Crippen LogP contribution in [0.3, 0.4) is 0 Å². The van der Waals surface area contributed by atoms with Crippen LogP contribution in [0, 0.1) is 0 Å². The van der Waals surface area contributed by atoms with Crippen molar-refractivity contribution in [2.75, 3.05) is 0 Å². The van der Waals surface area contributed by atoms with E-state index in [9.17, 15) is 4.79 Å². The van der Waals surface area contributed by atoms with Crippen LogP contribution in [0.4, 0.5) is 0 Å². The van der Waals surface area contributed by atoms with Crippen molar-refractivity contribution in [3.63, 3.8) is 0 Å². The Bertz CT molecular complexity index is 145. The van der Waals surface area contributed by atoms with Crippen LogP contribution >= 0.6 is 0 Å². The summed E-state index contributed by atoms with van der Waals surface area (Å²) in [7, 11) is 0. The van der Waals surface area contributed by atoms with Crippen LogP contribution in [0.15, 0.2) is 11.3 Å². The zero-order valence-electron chi connectivity index (χ0n) is 5.64. The Balaban J connectivity index is 4.35. The van der Waals surface area contributed by atoms with Gasteiger partial charge in [-0.15, -0.1) is 0 Å². The molecule has 0 amide bonds. The molecule has 0 saturated heterocycles. The van der Waals surface area contributed by atoms with E-state index in [0.717, 1.165) is 0 Å². The lowest BCUT2D eigenvalue weighted by Gasteiger charge is -1.97. The second kappa shape index (κ2) is 3.12. The van der Waals surface area contributed by atoms with E-state index >= 15 is 0 Å². The van der Waals surface area contributed by atoms with Crippen LogP contribution in [0.2, 0.25) is 0 Å². The average Bonchev–Trinajstić information content (AvgIpc) is 1.64. The number of aliphatic carboxylic acids is 1. The molecule has 3 N–H and O–H groups in total. The maximum atomic E-state index is 10.2. The maximum Gasteiger partial charge on any atom is 0.333 e. The van der Waals surface area contributed by atoms with Crippen molar-refractivity contribution in [2.24, 2.45) is 5.73 Å². The number of hydrogen-bond acceptors (Lipinski definition) is 2. The standard InChI is InChI=1S/C6H11NO2/c1-3-5(4(2)7)6(8)9/h3,7H2,1-2H3,(H,8,9). The molecule has 0 spiro atoms. The van der Waals surface area contributed by atoms with Gasteiger partial charge in [0.1, 0.15) is 0 Å². The van der Waals surface area contributed by atoms with Crippen LogP contribution in [0.1, 0.15) is 20.3 Å². The molecule has 0 aromatic heterocycles. The summed E-state index contributed by atoms with van der Waals surface area (Å²) in [5.74, 6) is -0.919. The molecule has 0 aromatic rings. The molecule has 0 fully saturated rings. The minimum atomic E-state index is -0.919. The van der Waals surface area contributed by atoms with E-state index in [-0.39, 0.29) is 0 Å². The Morgan fingerprint density at radius 3 is 2.11 bits per heavy atom. The maximum absolute atomic E-state index is 10.2. The van der Waals surface area contributed by atoms with Crippen molar-refractivity contribution in [3.8, 4) is 0 Å². The molecule has 0 rings (SSSR count). The van der Waals surface area contributed by atoms with E-state index in [1.807, 2.05) is 0 Å². The topological polar surface area (TPSA) is 63.3 Å². The predicted molar refractivity (Wildman–Crippen MR) is 34.8 cm³/mol. The van der Waals surface area contributed by atoms with Gasteiger partial charge in [0, 0.05) is 5.70 Å². The molecule has 0 aliphatic rings. The summed E-state index contributed by atoms with van der Waals surface area (Å²) >= 11 is 0. The Morgan fingerprint density at radius 1 is 1.67 bits per heavy atom. The van der Waals surface area contributed by atoms with Crippen LogP contribution in [-0.4, -0.2) is 11.1 Å². The molecule has 0 atom stereocenters. The third-order valence-electron chi connectivity index (χ3n) is 1.09. The molecule has 0 bridgehead atoms. The number of nitrogens with two attached hydrogens (primary N) is 1. The lowest BCUT2D eigenvalue weighted by Crippen LogP contribution is -2.06. The normalized spacial score (nSPS) is 12.7. The van der Waals surface area contributed by atoms with Crippen LogP contribution in [0.25, 0.3) is 0 Å². The van der Waals surface area contributed by atoms with Gasteiger partial charge in [0.15, 0.2) is 0 Å². The second-order valence-electron chi connectivity index (χ2n) is 1.82. The number of allylic oxidation sites excluding steroid dienone is 1. The van der Waals surface area contributed by atoms with E-state index in [1.165, 1.54) is 0 Å². The van der Waals surface area contributed by atoms with E-state index in [1.54, 1.807) is 13.8 Å². The summed E-state index contributed by atoms with van der Waals surface area (Å²) in [6, 6.07) is 0. The van der Waals surface area contributed by atoms with Crippen molar-refractivity contribution in [2.45, 2.75) is 20.3 Å². The summed E-state index contributed by atoms with van der Waals surface area (Å²) < 4.78 is 0. The van der Waals surface area contributed by atoms with Gasteiger partial charge in [-0.3, -0.25) is 0 Å². The molecule has 9 heavy (non-hydrogen) atoms. The van der Waals surface area contributed by atoms with Gasteiger partial charge in [0.25, 0.3) is 0 Å². The van der Waals surface area contributed by atoms with E-state index in [2.05, 4.69) is 0 Å². The van der Waals surface area contributed by atoms with Crippen molar-refractivity contribution in [1.29, 1.82) is 0 Å². The van der Waals surface area contributed by atoms with Crippen molar-refractivity contribution < 1.29 is 9.90 Å². The Kier molecular flexibility index (Phi) is 2.78. The Morgan fingerprint density at radius 2 is 2.11 bits per heavy atom. The van der Waals surface area contributed by atoms with Crippen molar-refractivity contribution in [3.05, 3.63) is 11.3 Å². The number of carboxylic acids is 1. The van der Waals surface area contributed by atoms with Crippen LogP contribution in [-0.2, 0) is 4.79 Å². The number of carboxylic acid groups (broad SMARTS) is 1. The molecule has 52 valence electrons. The SMILES string of the molecule is CCC(C(=O)O)=C(C)N. The Labute approximate surface area is 54.2 Å². The van der Waals surface area contributed by atoms with Crippen molar-refractivity contribution >= 4 is 5.97 Å². The molecular formula is C6H11NO2. The van der Waals surface area contributed by atoms with Gasteiger partial charge in [0.2, 0.25) is 0 Å². The third kappa shape index (κ3) is 2.17. The zero-order chi connectivity index (χ0) is 7.44. The Hall–Kier alpha value is -0.990. The highest BCUT2D eigenvalue weighted by Crippen LogP contribution is 2.02. The van der Waals surface area contributed by atoms with Gasteiger partial charge in [-0.1, -0.05) is 6.92 Å². The first-order chi connectivity index (χ1) is 4.09. The van der Waals surface area contributed by atoms with Gasteiger partial charge in [0.05, 0.1) is 5.57 Å². The summed E-state index contributed by atoms with van der Waals surface area (Å²) in [6.45, 7) is 3.35. The molecule has 0 unspecified atom stereocenters. The van der Waals surface area contributed by atoms with Crippen LogP contribution in [0.5, 0.6) is 0 Å². The van der Waals surface area contributed by atoms with E-state index in [0.29, 0.717) is 17.7 Å². The molecule has 0 radical (unpaired) electrons. The monoisotopic (exact) mass is 129 g/mol. The average molecular weight is 129 g/mol. The highest BCUT2D eigenvalue weighted by molar-refractivity contribution is 5.87. The number of carbonyl (C=O) groups is 1. The predicted octanol–water partition coefficient (Wildman–Crippen LogP) is 0.714. The van der Waals surface area contributed by atoms with Gasteiger partial charge in [-0.2, -0.15) is 0 Å². The van der Waals surface area contributed by atoms with Gasteiger partial charge in [-0.05, 0) is 13.3 Å². The first kappa shape index (κ1) is 8.01. The quantitative estimate of drug-likeness (QED) is 0.540. The highest BCUT2D eigenvalue weighted by Gasteiger charge is 2.05. The smallest absolute Gasteiger partial charge is 0.333 e. The molecule has 3 heteroatoms. The van der Waals surface area contributed by atoms with E-state index < -0.39 is 5.97 Å².